The third-order valence-electron chi connectivity index (χ3n) is 6.44. The van der Waals surface area contributed by atoms with Crippen molar-refractivity contribution in [2.45, 2.75) is 51.2 Å². The van der Waals surface area contributed by atoms with E-state index in [1.54, 1.807) is 34.0 Å². The minimum atomic E-state index is -1.28. The number of carbonyl (C=O) groups excluding carboxylic acids is 3. The maximum absolute atomic E-state index is 13.3. The molecule has 1 aromatic carbocycles. The first-order chi connectivity index (χ1) is 17.5. The van der Waals surface area contributed by atoms with Crippen molar-refractivity contribution in [2.75, 3.05) is 26.8 Å². The van der Waals surface area contributed by atoms with Crippen LogP contribution in [0.3, 0.4) is 0 Å². The zero-order valence-corrected chi connectivity index (χ0v) is 22.6. The van der Waals surface area contributed by atoms with Crippen LogP contribution in [0.15, 0.2) is 41.4 Å². The van der Waals surface area contributed by atoms with Gasteiger partial charge in [-0.05, 0) is 68.0 Å². The summed E-state index contributed by atoms with van der Waals surface area (Å²) in [6.45, 7) is 7.92. The molecule has 3 heterocycles. The Bertz CT molecular complexity index is 1230. The maximum Gasteiger partial charge on any atom is 0.354 e. The maximum atomic E-state index is 13.3. The molecule has 2 aliphatic rings. The Labute approximate surface area is 220 Å². The Balaban J connectivity index is 1.83. The average Bonchev–Trinajstić information content (AvgIpc) is 3.47. The topological polar surface area (TPSA) is 120 Å². The Kier molecular flexibility index (Phi) is 7.23. The first-order valence-corrected chi connectivity index (χ1v) is 13.0. The van der Waals surface area contributed by atoms with E-state index in [1.165, 1.54) is 18.3 Å². The Morgan fingerprint density at radius 3 is 2.59 bits per heavy atom. The third-order valence-corrected chi connectivity index (χ3v) is 7.46. The molecule has 0 bridgehead atoms. The van der Waals surface area contributed by atoms with E-state index >= 15 is 0 Å². The summed E-state index contributed by atoms with van der Waals surface area (Å²) in [5.74, 6) is -0.176. The van der Waals surface area contributed by atoms with Crippen LogP contribution >= 0.6 is 11.3 Å². The van der Waals surface area contributed by atoms with Crippen LogP contribution in [0, 0.1) is 0 Å². The van der Waals surface area contributed by atoms with Gasteiger partial charge in [0.1, 0.15) is 23.3 Å². The van der Waals surface area contributed by atoms with Crippen LogP contribution in [0.4, 0.5) is 0 Å². The van der Waals surface area contributed by atoms with Crippen molar-refractivity contribution in [1.82, 2.24) is 10.2 Å². The molecular formula is C27H33N3O6S. The van der Waals surface area contributed by atoms with E-state index in [9.17, 15) is 14.4 Å². The van der Waals surface area contributed by atoms with Gasteiger partial charge in [-0.1, -0.05) is 6.07 Å². The molecule has 9 nitrogen and oxygen atoms in total. The summed E-state index contributed by atoms with van der Waals surface area (Å²) >= 11 is 1.42. The molecule has 10 heteroatoms. The van der Waals surface area contributed by atoms with Crippen molar-refractivity contribution in [3.05, 3.63) is 57.4 Å². The first kappa shape index (κ1) is 26.5. The number of hydrogen-bond donors (Lipinski definition) is 2. The molecule has 2 amide bonds. The molecule has 0 saturated carbocycles. The third kappa shape index (κ3) is 5.02. The molecule has 2 aliphatic heterocycles. The number of nitrogens with one attached hydrogen (secondary N) is 1. The van der Waals surface area contributed by atoms with Gasteiger partial charge in [-0.3, -0.25) is 9.59 Å². The minimum Gasteiger partial charge on any atom is -0.493 e. The number of ether oxygens (including phenoxy) is 3. The van der Waals surface area contributed by atoms with Gasteiger partial charge in [0, 0.05) is 18.3 Å². The number of nitrogens with zero attached hydrogens (tertiary/aromatic N) is 1. The second-order valence-electron chi connectivity index (χ2n) is 10.1. The molecule has 3 N–H and O–H groups in total. The lowest BCUT2D eigenvalue weighted by Crippen LogP contribution is -2.48. The first-order valence-electron chi connectivity index (χ1n) is 12.1. The number of methoxy groups -OCH3 is 1. The van der Waals surface area contributed by atoms with E-state index < -0.39 is 28.9 Å². The zero-order chi connectivity index (χ0) is 27.0. The molecule has 0 aliphatic carbocycles. The predicted octanol–water partition coefficient (Wildman–Crippen LogP) is 2.83. The fourth-order valence-electron chi connectivity index (χ4n) is 4.97. The monoisotopic (exact) mass is 527 g/mol. The van der Waals surface area contributed by atoms with Crippen LogP contribution in [-0.4, -0.2) is 55.1 Å². The van der Waals surface area contributed by atoms with Crippen LogP contribution in [0.2, 0.25) is 0 Å². The van der Waals surface area contributed by atoms with E-state index in [-0.39, 0.29) is 12.5 Å². The zero-order valence-electron chi connectivity index (χ0n) is 21.8. The average molecular weight is 528 g/mol. The Hall–Kier alpha value is -3.53. The normalized spacial score (nSPS) is 20.4. The lowest BCUT2D eigenvalue weighted by Gasteiger charge is -2.42. The van der Waals surface area contributed by atoms with Crippen LogP contribution in [0.1, 0.15) is 49.7 Å². The van der Waals surface area contributed by atoms with Gasteiger partial charge in [-0.15, -0.1) is 11.3 Å². The van der Waals surface area contributed by atoms with Gasteiger partial charge in [-0.2, -0.15) is 0 Å². The van der Waals surface area contributed by atoms with Gasteiger partial charge in [0.15, 0.2) is 11.5 Å². The fraction of sp³-hybridized carbons (Fsp3) is 0.444. The second-order valence-corrected chi connectivity index (χ2v) is 11.1. The summed E-state index contributed by atoms with van der Waals surface area (Å²) < 4.78 is 17.3. The quantitative estimate of drug-likeness (QED) is 0.400. The van der Waals surface area contributed by atoms with E-state index in [1.807, 2.05) is 34.5 Å². The van der Waals surface area contributed by atoms with E-state index in [4.69, 9.17) is 19.9 Å². The highest BCUT2D eigenvalue weighted by molar-refractivity contribution is 7.10. The highest BCUT2D eigenvalue weighted by Crippen LogP contribution is 2.54. The van der Waals surface area contributed by atoms with Gasteiger partial charge in [0.05, 0.1) is 19.7 Å². The standard InChI is InChI=1S/C27H33N3O6S/c1-16(31)29-9-11-35-21-14-18-17(13-20(21)34-5)8-10-30-19(24(32)36-26(2,3)4)15-27(23(18)30,25(28)33)22-7-6-12-37-22/h6-7,12-15,23H,8-11H2,1-5H3,(H2,28,33)(H,29,31). The molecule has 37 heavy (non-hydrogen) atoms. The minimum absolute atomic E-state index is 0.148. The van der Waals surface area contributed by atoms with Gasteiger partial charge in [0.25, 0.3) is 0 Å². The molecule has 0 saturated heterocycles. The molecular weight excluding hydrogens is 494 g/mol. The molecule has 2 unspecified atom stereocenters. The molecule has 4 rings (SSSR count). The van der Waals surface area contributed by atoms with Crippen LogP contribution in [0.5, 0.6) is 11.5 Å². The number of amides is 2. The van der Waals surface area contributed by atoms with Crippen molar-refractivity contribution >= 4 is 29.1 Å². The van der Waals surface area contributed by atoms with Gasteiger partial charge >= 0.3 is 5.97 Å². The number of rotatable bonds is 8. The smallest absolute Gasteiger partial charge is 0.354 e. The van der Waals surface area contributed by atoms with Crippen LogP contribution < -0.4 is 20.5 Å². The van der Waals surface area contributed by atoms with Crippen molar-refractivity contribution in [3.8, 4) is 11.5 Å². The number of esters is 1. The summed E-state index contributed by atoms with van der Waals surface area (Å²) in [6.07, 6.45) is 2.30. The number of fused-ring (bicyclic) bond motifs is 3. The SMILES string of the molecule is COc1cc2c(cc1OCCNC(C)=O)C1N(CC2)C(C(=O)OC(C)(C)C)=CC1(C(N)=O)c1cccs1. The predicted molar refractivity (Wildman–Crippen MR) is 139 cm³/mol. The summed E-state index contributed by atoms with van der Waals surface area (Å²) in [5.41, 5.74) is 6.29. The van der Waals surface area contributed by atoms with E-state index in [2.05, 4.69) is 5.32 Å². The van der Waals surface area contributed by atoms with Crippen molar-refractivity contribution in [3.63, 3.8) is 0 Å². The van der Waals surface area contributed by atoms with Crippen molar-refractivity contribution in [2.24, 2.45) is 5.73 Å². The van der Waals surface area contributed by atoms with Crippen LogP contribution in [-0.2, 0) is 31.0 Å². The highest BCUT2D eigenvalue weighted by atomic mass is 32.1. The second kappa shape index (κ2) is 10.1. The molecule has 2 aromatic rings. The lowest BCUT2D eigenvalue weighted by atomic mass is 9.73. The molecule has 198 valence electrons. The lowest BCUT2D eigenvalue weighted by molar-refractivity contribution is -0.152. The number of benzene rings is 1. The fourth-order valence-corrected chi connectivity index (χ4v) is 5.90. The Morgan fingerprint density at radius 1 is 1.24 bits per heavy atom. The summed E-state index contributed by atoms with van der Waals surface area (Å²) in [4.78, 5) is 40.6. The molecule has 2 atom stereocenters. The number of primary amides is 1. The van der Waals surface area contributed by atoms with E-state index in [0.29, 0.717) is 36.7 Å². The summed E-state index contributed by atoms with van der Waals surface area (Å²) in [7, 11) is 1.56. The molecule has 1 aromatic heterocycles. The number of hydrogen-bond acceptors (Lipinski definition) is 8. The van der Waals surface area contributed by atoms with Crippen molar-refractivity contribution in [1.29, 1.82) is 0 Å². The summed E-state index contributed by atoms with van der Waals surface area (Å²) in [6, 6.07) is 6.92. The number of carbonyl (C=O) groups is 3. The van der Waals surface area contributed by atoms with Gasteiger partial charge < -0.3 is 30.2 Å². The summed E-state index contributed by atoms with van der Waals surface area (Å²) in [5, 5.41) is 4.59. The van der Waals surface area contributed by atoms with Crippen LogP contribution in [0.25, 0.3) is 0 Å². The van der Waals surface area contributed by atoms with E-state index in [0.717, 1.165) is 16.0 Å². The van der Waals surface area contributed by atoms with Gasteiger partial charge in [0.2, 0.25) is 11.8 Å². The van der Waals surface area contributed by atoms with Crippen molar-refractivity contribution < 1.29 is 28.6 Å². The molecule has 0 radical (unpaired) electrons. The number of thiophene rings is 1. The van der Waals surface area contributed by atoms with Gasteiger partial charge in [-0.25, -0.2) is 4.79 Å². The largest absolute Gasteiger partial charge is 0.493 e. The highest BCUT2D eigenvalue weighted by Gasteiger charge is 2.57. The molecule has 0 fully saturated rings. The Morgan fingerprint density at radius 2 is 2.00 bits per heavy atom. The number of nitrogens with two attached hydrogens (primary N) is 1. The molecule has 0 spiro atoms.